The average Bonchev–Trinajstić information content (AvgIpc) is 2.50. The number of hydrogen-bond donors (Lipinski definition) is 2. The number of hydrazone groups is 1. The van der Waals surface area contributed by atoms with E-state index in [4.69, 9.17) is 9.84 Å². The Morgan fingerprint density at radius 2 is 1.95 bits per heavy atom. The first kappa shape index (κ1) is 15.6. The van der Waals surface area contributed by atoms with Crippen LogP contribution in [0.3, 0.4) is 0 Å². The molecule has 0 aliphatic heterocycles. The first-order chi connectivity index (χ1) is 10.5. The number of benzene rings is 2. The molecule has 0 fully saturated rings. The van der Waals surface area contributed by atoms with E-state index in [2.05, 4.69) is 10.5 Å². The summed E-state index contributed by atoms with van der Waals surface area (Å²) in [6, 6.07) is 12.3. The minimum absolute atomic E-state index is 0.1000. The van der Waals surface area contributed by atoms with Crippen molar-refractivity contribution in [2.45, 2.75) is 13.8 Å². The first-order valence-corrected chi connectivity index (χ1v) is 6.85. The van der Waals surface area contributed by atoms with Crippen molar-refractivity contribution in [3.63, 3.8) is 0 Å². The fourth-order valence-electron chi connectivity index (χ4n) is 1.78. The van der Waals surface area contributed by atoms with Gasteiger partial charge in [0.15, 0.2) is 6.61 Å². The van der Waals surface area contributed by atoms with Gasteiger partial charge in [-0.05, 0) is 60.9 Å². The lowest BCUT2D eigenvalue weighted by Crippen LogP contribution is -2.24. The number of aromatic hydroxyl groups is 1. The molecule has 2 aromatic rings. The van der Waals surface area contributed by atoms with Crippen molar-refractivity contribution in [3.8, 4) is 11.5 Å². The zero-order valence-corrected chi connectivity index (χ0v) is 12.5. The number of phenols is 1. The molecule has 0 heterocycles. The van der Waals surface area contributed by atoms with Crippen LogP contribution in [-0.4, -0.2) is 23.8 Å². The van der Waals surface area contributed by atoms with Gasteiger partial charge in [0.2, 0.25) is 0 Å². The number of ether oxygens (including phenoxy) is 1. The Hall–Kier alpha value is -2.82. The Morgan fingerprint density at radius 3 is 2.68 bits per heavy atom. The van der Waals surface area contributed by atoms with Crippen LogP contribution in [0.4, 0.5) is 0 Å². The van der Waals surface area contributed by atoms with E-state index in [9.17, 15) is 4.79 Å². The first-order valence-electron chi connectivity index (χ1n) is 6.85. The van der Waals surface area contributed by atoms with Crippen LogP contribution in [0.2, 0.25) is 0 Å². The highest BCUT2D eigenvalue weighted by molar-refractivity contribution is 5.83. The molecule has 5 heteroatoms. The number of nitrogens with one attached hydrogen (secondary N) is 1. The molecule has 0 atom stereocenters. The van der Waals surface area contributed by atoms with E-state index in [0.717, 1.165) is 16.7 Å². The molecule has 2 aromatic carbocycles. The summed E-state index contributed by atoms with van der Waals surface area (Å²) in [6.07, 6.45) is 1.50. The third-order valence-corrected chi connectivity index (χ3v) is 3.00. The molecule has 0 unspecified atom stereocenters. The normalized spacial score (nSPS) is 10.6. The van der Waals surface area contributed by atoms with Gasteiger partial charge in [-0.1, -0.05) is 12.1 Å². The molecule has 2 N–H and O–H groups in total. The topological polar surface area (TPSA) is 70.9 Å². The second kappa shape index (κ2) is 7.26. The van der Waals surface area contributed by atoms with Gasteiger partial charge in [-0.3, -0.25) is 4.79 Å². The molecule has 22 heavy (non-hydrogen) atoms. The highest BCUT2D eigenvalue weighted by atomic mass is 16.5. The quantitative estimate of drug-likeness (QED) is 0.658. The summed E-state index contributed by atoms with van der Waals surface area (Å²) in [7, 11) is 0. The van der Waals surface area contributed by atoms with Crippen LogP contribution < -0.4 is 10.2 Å². The van der Waals surface area contributed by atoms with E-state index < -0.39 is 0 Å². The SMILES string of the molecule is Cc1ccc(C)c(OCC(=O)N/N=C\c2ccc(O)cc2)c1. The van der Waals surface area contributed by atoms with Crippen LogP contribution in [0.5, 0.6) is 11.5 Å². The molecule has 2 rings (SSSR count). The highest BCUT2D eigenvalue weighted by Crippen LogP contribution is 2.18. The standard InChI is InChI=1S/C17H18N2O3/c1-12-3-4-13(2)16(9-12)22-11-17(21)19-18-10-14-5-7-15(20)8-6-14/h3-10,20H,11H2,1-2H3,(H,19,21)/b18-10-. The van der Waals surface area contributed by atoms with Crippen molar-refractivity contribution in [2.24, 2.45) is 5.10 Å². The second-order valence-corrected chi connectivity index (χ2v) is 4.94. The number of phenolic OH excluding ortho intramolecular Hbond substituents is 1. The van der Waals surface area contributed by atoms with Gasteiger partial charge in [0.25, 0.3) is 5.91 Å². The van der Waals surface area contributed by atoms with Gasteiger partial charge in [-0.2, -0.15) is 5.10 Å². The Morgan fingerprint density at radius 1 is 1.23 bits per heavy atom. The number of amides is 1. The summed E-state index contributed by atoms with van der Waals surface area (Å²) in [6.45, 7) is 3.79. The Labute approximate surface area is 129 Å². The fraction of sp³-hybridized carbons (Fsp3) is 0.176. The predicted octanol–water partition coefficient (Wildman–Crippen LogP) is 2.54. The molecule has 0 aliphatic carbocycles. The molecule has 0 aromatic heterocycles. The molecule has 5 nitrogen and oxygen atoms in total. The monoisotopic (exact) mass is 298 g/mol. The maximum Gasteiger partial charge on any atom is 0.277 e. The third kappa shape index (κ3) is 4.63. The lowest BCUT2D eigenvalue weighted by Gasteiger charge is -2.08. The third-order valence-electron chi connectivity index (χ3n) is 3.00. The van der Waals surface area contributed by atoms with Gasteiger partial charge in [0.05, 0.1) is 6.21 Å². The highest BCUT2D eigenvalue weighted by Gasteiger charge is 2.04. The maximum atomic E-state index is 11.7. The molecular formula is C17H18N2O3. The molecule has 0 radical (unpaired) electrons. The van der Waals surface area contributed by atoms with Crippen LogP contribution in [0.15, 0.2) is 47.6 Å². The number of hydrogen-bond acceptors (Lipinski definition) is 4. The summed E-state index contributed by atoms with van der Waals surface area (Å²) in [5.74, 6) is 0.539. The number of carbonyl (C=O) groups excluding carboxylic acids is 1. The summed E-state index contributed by atoms with van der Waals surface area (Å²) in [4.78, 5) is 11.7. The van der Waals surface area contributed by atoms with Crippen LogP contribution in [0, 0.1) is 13.8 Å². The Balaban J connectivity index is 1.83. The van der Waals surface area contributed by atoms with E-state index in [1.54, 1.807) is 24.3 Å². The minimum Gasteiger partial charge on any atom is -0.508 e. The van der Waals surface area contributed by atoms with Crippen LogP contribution >= 0.6 is 0 Å². The summed E-state index contributed by atoms with van der Waals surface area (Å²) < 4.78 is 5.48. The second-order valence-electron chi connectivity index (χ2n) is 4.94. The fourth-order valence-corrected chi connectivity index (χ4v) is 1.78. The minimum atomic E-state index is -0.337. The van der Waals surface area contributed by atoms with Crippen LogP contribution in [0.25, 0.3) is 0 Å². The number of aryl methyl sites for hydroxylation is 2. The van der Waals surface area contributed by atoms with Crippen molar-refractivity contribution in [3.05, 3.63) is 59.2 Å². The van der Waals surface area contributed by atoms with Crippen molar-refractivity contribution in [1.82, 2.24) is 5.43 Å². The van der Waals surface area contributed by atoms with Crippen molar-refractivity contribution in [1.29, 1.82) is 0 Å². The number of carbonyl (C=O) groups is 1. The van der Waals surface area contributed by atoms with Gasteiger partial charge in [-0.15, -0.1) is 0 Å². The summed E-state index contributed by atoms with van der Waals surface area (Å²) in [5.41, 5.74) is 5.22. The van der Waals surface area contributed by atoms with Gasteiger partial charge in [0.1, 0.15) is 11.5 Å². The molecule has 0 aliphatic rings. The smallest absolute Gasteiger partial charge is 0.277 e. The lowest BCUT2D eigenvalue weighted by molar-refractivity contribution is -0.123. The van der Waals surface area contributed by atoms with Crippen LogP contribution in [0.1, 0.15) is 16.7 Å². The van der Waals surface area contributed by atoms with Crippen molar-refractivity contribution < 1.29 is 14.6 Å². The molecule has 1 amide bonds. The summed E-state index contributed by atoms with van der Waals surface area (Å²) in [5, 5.41) is 13.0. The predicted molar refractivity (Wildman–Crippen MR) is 85.3 cm³/mol. The molecule has 0 spiro atoms. The molecular weight excluding hydrogens is 280 g/mol. The van der Waals surface area contributed by atoms with E-state index in [1.165, 1.54) is 6.21 Å². The van der Waals surface area contributed by atoms with E-state index >= 15 is 0 Å². The molecule has 114 valence electrons. The molecule has 0 bridgehead atoms. The molecule has 0 saturated carbocycles. The van der Waals surface area contributed by atoms with E-state index in [1.807, 2.05) is 32.0 Å². The zero-order valence-electron chi connectivity index (χ0n) is 12.5. The average molecular weight is 298 g/mol. The van der Waals surface area contributed by atoms with Gasteiger partial charge in [0, 0.05) is 0 Å². The summed E-state index contributed by atoms with van der Waals surface area (Å²) >= 11 is 0. The zero-order chi connectivity index (χ0) is 15.9. The maximum absolute atomic E-state index is 11.7. The Kier molecular flexibility index (Phi) is 5.14. The van der Waals surface area contributed by atoms with E-state index in [0.29, 0.717) is 5.75 Å². The molecule has 0 saturated heterocycles. The van der Waals surface area contributed by atoms with Crippen molar-refractivity contribution >= 4 is 12.1 Å². The number of nitrogens with zero attached hydrogens (tertiary/aromatic N) is 1. The van der Waals surface area contributed by atoms with E-state index in [-0.39, 0.29) is 18.3 Å². The van der Waals surface area contributed by atoms with Gasteiger partial charge >= 0.3 is 0 Å². The van der Waals surface area contributed by atoms with Gasteiger partial charge in [-0.25, -0.2) is 5.43 Å². The largest absolute Gasteiger partial charge is 0.508 e. The van der Waals surface area contributed by atoms with Crippen LogP contribution in [-0.2, 0) is 4.79 Å². The van der Waals surface area contributed by atoms with Crippen molar-refractivity contribution in [2.75, 3.05) is 6.61 Å². The number of rotatable bonds is 5. The van der Waals surface area contributed by atoms with Gasteiger partial charge < -0.3 is 9.84 Å². The lowest BCUT2D eigenvalue weighted by atomic mass is 10.1. The Bertz CT molecular complexity index is 679.